The highest BCUT2D eigenvalue weighted by molar-refractivity contribution is 6.64. The molecule has 7 nitrogen and oxygen atoms in total. The molecule has 0 aliphatic heterocycles. The Morgan fingerprint density at radius 3 is 1.29 bits per heavy atom. The van der Waals surface area contributed by atoms with Gasteiger partial charge < -0.3 is 22.8 Å². The van der Waals surface area contributed by atoms with Crippen LogP contribution in [0.2, 0.25) is 5.04 Å². The molecule has 0 aromatic heterocycles. The van der Waals surface area contributed by atoms with E-state index < -0.39 is 20.7 Å². The van der Waals surface area contributed by atoms with Crippen LogP contribution in [0.5, 0.6) is 0 Å². The number of carbonyl (C=O) groups is 2. The van der Waals surface area contributed by atoms with Crippen LogP contribution in [0, 0.1) is 11.8 Å². The van der Waals surface area contributed by atoms with Crippen LogP contribution < -0.4 is 0 Å². The summed E-state index contributed by atoms with van der Waals surface area (Å²) in [6.45, 7) is 22.7. The van der Waals surface area contributed by atoms with Gasteiger partial charge >= 0.3 is 20.7 Å². The van der Waals surface area contributed by atoms with Crippen LogP contribution in [0.4, 0.5) is 0 Å². The van der Waals surface area contributed by atoms with Crippen molar-refractivity contribution in [3.63, 3.8) is 0 Å². The molecule has 0 N–H and O–H groups in total. The molecule has 0 aliphatic rings. The predicted octanol–water partition coefficient (Wildman–Crippen LogP) is 6.15. The summed E-state index contributed by atoms with van der Waals surface area (Å²) in [6.07, 6.45) is 0. The standard InChI is InChI=1S/C16H22O4.C10H24O3Si/c1-11(2)9-19-15(17)13-7-5-6-8-14(13)16(18)20-10-12(3)4;1-7-11-14(12-8-2,13-9-3)10(4,5)6/h5-8,11-12H,9-10H2,1-4H3;7-9H2,1-6H3. The molecule has 0 atom stereocenters. The highest BCUT2D eigenvalue weighted by Gasteiger charge is 2.52. The van der Waals surface area contributed by atoms with E-state index in [4.69, 9.17) is 22.8 Å². The van der Waals surface area contributed by atoms with Crippen LogP contribution in [-0.2, 0) is 22.8 Å². The minimum Gasteiger partial charge on any atom is -0.462 e. The summed E-state index contributed by atoms with van der Waals surface area (Å²) in [5.74, 6) is -0.482. The SMILES string of the molecule is CC(C)COC(=O)c1ccccc1C(=O)OCC(C)C.CCO[Si](OCC)(OCC)C(C)(C)C. The molecule has 0 heterocycles. The molecule has 1 rings (SSSR count). The number of rotatable bonds is 12. The number of hydrogen-bond acceptors (Lipinski definition) is 7. The molecule has 0 aliphatic carbocycles. The largest absolute Gasteiger partial charge is 0.506 e. The molecular weight excluding hydrogens is 452 g/mol. The van der Waals surface area contributed by atoms with Gasteiger partial charge in [0.05, 0.1) is 24.3 Å². The number of esters is 2. The molecule has 1 aromatic carbocycles. The second kappa shape index (κ2) is 16.0. The summed E-state index contributed by atoms with van der Waals surface area (Å²) in [6, 6.07) is 6.56. The van der Waals surface area contributed by atoms with Gasteiger partial charge in [0.15, 0.2) is 0 Å². The molecular formula is C26H46O7Si. The Labute approximate surface area is 207 Å². The van der Waals surface area contributed by atoms with Crippen molar-refractivity contribution in [3.05, 3.63) is 35.4 Å². The van der Waals surface area contributed by atoms with Crippen LogP contribution in [0.15, 0.2) is 24.3 Å². The molecule has 0 radical (unpaired) electrons. The van der Waals surface area contributed by atoms with Crippen molar-refractivity contribution >= 4 is 20.7 Å². The van der Waals surface area contributed by atoms with Gasteiger partial charge in [0.2, 0.25) is 0 Å². The van der Waals surface area contributed by atoms with E-state index in [1.165, 1.54) is 0 Å². The van der Waals surface area contributed by atoms with Gasteiger partial charge in [-0.15, -0.1) is 0 Å². The topological polar surface area (TPSA) is 80.3 Å². The van der Waals surface area contributed by atoms with Gasteiger partial charge in [-0.3, -0.25) is 0 Å². The highest BCUT2D eigenvalue weighted by atomic mass is 28.4. The molecule has 0 fully saturated rings. The number of ether oxygens (including phenoxy) is 2. The molecule has 0 amide bonds. The zero-order valence-corrected chi connectivity index (χ0v) is 23.9. The lowest BCUT2D eigenvalue weighted by Gasteiger charge is -2.38. The Morgan fingerprint density at radius 1 is 0.735 bits per heavy atom. The van der Waals surface area contributed by atoms with Crippen LogP contribution >= 0.6 is 0 Å². The molecule has 0 saturated carbocycles. The van der Waals surface area contributed by atoms with Crippen LogP contribution in [0.1, 0.15) is 90.0 Å². The lowest BCUT2D eigenvalue weighted by atomic mass is 10.1. The summed E-state index contributed by atoms with van der Waals surface area (Å²) < 4.78 is 27.6. The fourth-order valence-corrected chi connectivity index (χ4v) is 5.51. The van der Waals surface area contributed by atoms with Gasteiger partial charge in [-0.2, -0.15) is 0 Å². The van der Waals surface area contributed by atoms with Gasteiger partial charge in [-0.25, -0.2) is 9.59 Å². The third-order valence-electron chi connectivity index (χ3n) is 4.38. The molecule has 8 heteroatoms. The van der Waals surface area contributed by atoms with Crippen molar-refractivity contribution in [2.45, 2.75) is 74.3 Å². The van der Waals surface area contributed by atoms with E-state index in [0.717, 1.165) is 0 Å². The Hall–Kier alpha value is -1.74. The molecule has 0 unspecified atom stereocenters. The van der Waals surface area contributed by atoms with E-state index >= 15 is 0 Å². The van der Waals surface area contributed by atoms with Gasteiger partial charge in [0, 0.05) is 24.9 Å². The van der Waals surface area contributed by atoms with E-state index in [1.807, 2.05) is 48.5 Å². The second-order valence-corrected chi connectivity index (χ2v) is 13.1. The Bertz CT molecular complexity index is 666. The maximum atomic E-state index is 12.0. The second-order valence-electron chi connectivity index (χ2n) is 9.64. The number of hydrogen-bond donors (Lipinski definition) is 0. The lowest BCUT2D eigenvalue weighted by molar-refractivity contribution is 0.0412. The van der Waals surface area contributed by atoms with Crippen molar-refractivity contribution in [2.75, 3.05) is 33.0 Å². The zero-order valence-electron chi connectivity index (χ0n) is 22.9. The van der Waals surface area contributed by atoms with Crippen molar-refractivity contribution < 1.29 is 32.3 Å². The molecule has 0 bridgehead atoms. The first-order valence-corrected chi connectivity index (χ1v) is 13.9. The molecule has 0 saturated heterocycles. The van der Waals surface area contributed by atoms with E-state index in [1.54, 1.807) is 24.3 Å². The minimum atomic E-state index is -2.50. The van der Waals surface area contributed by atoms with Crippen LogP contribution in [-0.4, -0.2) is 53.8 Å². The monoisotopic (exact) mass is 498 g/mol. The summed E-state index contributed by atoms with van der Waals surface area (Å²) in [7, 11) is -2.50. The van der Waals surface area contributed by atoms with Crippen molar-refractivity contribution in [1.82, 2.24) is 0 Å². The number of carbonyl (C=O) groups excluding carboxylic acids is 2. The van der Waals surface area contributed by atoms with E-state index in [2.05, 4.69) is 20.8 Å². The van der Waals surface area contributed by atoms with Crippen molar-refractivity contribution in [3.8, 4) is 0 Å². The average Bonchev–Trinajstić information content (AvgIpc) is 2.76. The minimum absolute atomic E-state index is 0.0605. The third kappa shape index (κ3) is 11.1. The Kier molecular flexibility index (Phi) is 15.2. The normalized spacial score (nSPS) is 11.8. The maximum absolute atomic E-state index is 12.0. The molecule has 0 spiro atoms. The van der Waals surface area contributed by atoms with Crippen molar-refractivity contribution in [2.24, 2.45) is 11.8 Å². The van der Waals surface area contributed by atoms with E-state index in [9.17, 15) is 9.59 Å². The van der Waals surface area contributed by atoms with Crippen LogP contribution in [0.25, 0.3) is 0 Å². The first-order valence-electron chi connectivity index (χ1n) is 12.2. The molecule has 196 valence electrons. The number of benzene rings is 1. The first kappa shape index (κ1) is 32.3. The van der Waals surface area contributed by atoms with Crippen LogP contribution in [0.3, 0.4) is 0 Å². The quantitative estimate of drug-likeness (QED) is 0.253. The molecule has 34 heavy (non-hydrogen) atoms. The zero-order chi connectivity index (χ0) is 26.4. The fourth-order valence-electron chi connectivity index (χ4n) is 2.82. The Morgan fingerprint density at radius 2 is 1.06 bits per heavy atom. The Balaban J connectivity index is 0.000000686. The van der Waals surface area contributed by atoms with Gasteiger partial charge in [0.1, 0.15) is 0 Å². The predicted molar refractivity (Wildman–Crippen MR) is 137 cm³/mol. The lowest BCUT2D eigenvalue weighted by Crippen LogP contribution is -2.53. The van der Waals surface area contributed by atoms with Gasteiger partial charge in [0.25, 0.3) is 0 Å². The smallest absolute Gasteiger partial charge is 0.462 e. The van der Waals surface area contributed by atoms with Crippen molar-refractivity contribution in [1.29, 1.82) is 0 Å². The van der Waals surface area contributed by atoms with Gasteiger partial charge in [-0.1, -0.05) is 60.6 Å². The summed E-state index contributed by atoms with van der Waals surface area (Å²) in [5.41, 5.74) is 0.504. The fraction of sp³-hybridized carbons (Fsp3) is 0.692. The maximum Gasteiger partial charge on any atom is 0.506 e. The first-order chi connectivity index (χ1) is 15.8. The van der Waals surface area contributed by atoms with E-state index in [0.29, 0.717) is 33.0 Å². The summed E-state index contributed by atoms with van der Waals surface area (Å²) in [4.78, 5) is 24.0. The highest BCUT2D eigenvalue weighted by Crippen LogP contribution is 2.38. The molecule has 1 aromatic rings. The summed E-state index contributed by atoms with van der Waals surface area (Å²) >= 11 is 0. The third-order valence-corrected chi connectivity index (χ3v) is 8.23. The van der Waals surface area contributed by atoms with E-state index in [-0.39, 0.29) is 28.0 Å². The summed E-state index contributed by atoms with van der Waals surface area (Å²) in [5, 5.41) is -0.0605. The average molecular weight is 499 g/mol. The van der Waals surface area contributed by atoms with Gasteiger partial charge in [-0.05, 0) is 44.7 Å².